The van der Waals surface area contributed by atoms with Crippen molar-refractivity contribution in [2.45, 2.75) is 6.42 Å². The zero-order valence-corrected chi connectivity index (χ0v) is 14.4. The van der Waals surface area contributed by atoms with E-state index in [2.05, 4.69) is 32.1 Å². The van der Waals surface area contributed by atoms with E-state index >= 15 is 0 Å². The average Bonchev–Trinajstić information content (AvgIpc) is 2.54. The predicted molar refractivity (Wildman–Crippen MR) is 95.6 cm³/mol. The second-order valence-electron chi connectivity index (χ2n) is 4.60. The summed E-state index contributed by atoms with van der Waals surface area (Å²) in [5.74, 6) is -0.624. The van der Waals surface area contributed by atoms with E-state index in [4.69, 9.17) is 12.2 Å². The Morgan fingerprint density at radius 2 is 1.61 bits per heavy atom. The van der Waals surface area contributed by atoms with Crippen molar-refractivity contribution in [1.82, 2.24) is 16.2 Å². The van der Waals surface area contributed by atoms with Gasteiger partial charge in [0.25, 0.3) is 5.91 Å². The lowest BCUT2D eigenvalue weighted by molar-refractivity contribution is -0.119. The number of carbonyl (C=O) groups excluding carboxylic acids is 2. The summed E-state index contributed by atoms with van der Waals surface area (Å²) in [5.41, 5.74) is 6.27. The number of carbonyl (C=O) groups is 2. The fourth-order valence-corrected chi connectivity index (χ4v) is 2.44. The van der Waals surface area contributed by atoms with Crippen LogP contribution in [0, 0.1) is 0 Å². The van der Waals surface area contributed by atoms with E-state index in [1.807, 2.05) is 36.4 Å². The molecule has 2 aromatic rings. The van der Waals surface area contributed by atoms with Crippen LogP contribution >= 0.6 is 28.1 Å². The minimum absolute atomic E-state index is 0.0336. The van der Waals surface area contributed by atoms with Gasteiger partial charge in [-0.05, 0) is 45.8 Å². The maximum absolute atomic E-state index is 12.0. The van der Waals surface area contributed by atoms with Crippen molar-refractivity contribution in [3.8, 4) is 0 Å². The molecule has 23 heavy (non-hydrogen) atoms. The highest BCUT2D eigenvalue weighted by Gasteiger charge is 2.10. The minimum atomic E-state index is -0.364. The van der Waals surface area contributed by atoms with Crippen LogP contribution in [0.2, 0.25) is 0 Å². The van der Waals surface area contributed by atoms with Crippen molar-refractivity contribution < 1.29 is 9.59 Å². The van der Waals surface area contributed by atoms with Crippen LogP contribution in [-0.4, -0.2) is 16.9 Å². The Labute approximate surface area is 147 Å². The number of hydrogen-bond donors (Lipinski definition) is 3. The third-order valence-electron chi connectivity index (χ3n) is 2.87. The molecular formula is C16H14BrN3O2S. The van der Waals surface area contributed by atoms with E-state index in [1.165, 1.54) is 0 Å². The van der Waals surface area contributed by atoms with Gasteiger partial charge >= 0.3 is 0 Å². The SMILES string of the molecule is O=C(Cc1ccccc1)NC(=S)NNC(=O)c1ccccc1Br. The Morgan fingerprint density at radius 1 is 0.957 bits per heavy atom. The molecule has 3 N–H and O–H groups in total. The molecule has 0 unspecified atom stereocenters. The monoisotopic (exact) mass is 391 g/mol. The molecule has 0 aliphatic heterocycles. The lowest BCUT2D eigenvalue weighted by Crippen LogP contribution is -2.48. The van der Waals surface area contributed by atoms with Gasteiger partial charge in [0.05, 0.1) is 12.0 Å². The van der Waals surface area contributed by atoms with E-state index in [-0.39, 0.29) is 23.3 Å². The summed E-state index contributed by atoms with van der Waals surface area (Å²) >= 11 is 8.27. The van der Waals surface area contributed by atoms with Gasteiger partial charge in [-0.1, -0.05) is 42.5 Å². The molecule has 0 saturated carbocycles. The van der Waals surface area contributed by atoms with Gasteiger partial charge in [0.15, 0.2) is 5.11 Å². The standard InChI is InChI=1S/C16H14BrN3O2S/c17-13-9-5-4-8-12(13)15(22)19-20-16(23)18-14(21)10-11-6-2-1-3-7-11/h1-9H,10H2,(H,19,22)(H2,18,20,21,23). The smallest absolute Gasteiger partial charge is 0.270 e. The van der Waals surface area contributed by atoms with Gasteiger partial charge in [-0.15, -0.1) is 0 Å². The van der Waals surface area contributed by atoms with Gasteiger partial charge in [-0.25, -0.2) is 0 Å². The van der Waals surface area contributed by atoms with Crippen molar-refractivity contribution in [3.05, 3.63) is 70.2 Å². The van der Waals surface area contributed by atoms with Gasteiger partial charge in [0, 0.05) is 4.47 Å². The third kappa shape index (κ3) is 5.46. The van der Waals surface area contributed by atoms with Crippen molar-refractivity contribution in [2.75, 3.05) is 0 Å². The Kier molecular flexibility index (Phi) is 6.25. The molecule has 0 aliphatic carbocycles. The van der Waals surface area contributed by atoms with Gasteiger partial charge in [-0.2, -0.15) is 0 Å². The number of benzene rings is 2. The molecule has 0 heterocycles. The molecule has 0 aromatic heterocycles. The molecular weight excluding hydrogens is 378 g/mol. The molecule has 0 fully saturated rings. The second kappa shape index (κ2) is 8.40. The van der Waals surface area contributed by atoms with Gasteiger partial charge < -0.3 is 5.32 Å². The molecule has 2 amide bonds. The van der Waals surface area contributed by atoms with Gasteiger partial charge in [0.1, 0.15) is 0 Å². The molecule has 7 heteroatoms. The van der Waals surface area contributed by atoms with Crippen molar-refractivity contribution >= 4 is 45.1 Å². The molecule has 0 atom stereocenters. The maximum atomic E-state index is 12.0. The lowest BCUT2D eigenvalue weighted by Gasteiger charge is -2.11. The van der Waals surface area contributed by atoms with Crippen LogP contribution in [-0.2, 0) is 11.2 Å². The molecule has 5 nitrogen and oxygen atoms in total. The normalized spacial score (nSPS) is 9.78. The first-order chi connectivity index (χ1) is 11.1. The molecule has 2 aromatic carbocycles. The first kappa shape index (κ1) is 17.1. The van der Waals surface area contributed by atoms with Crippen LogP contribution in [0.5, 0.6) is 0 Å². The number of thiocarbonyl (C=S) groups is 1. The van der Waals surface area contributed by atoms with E-state index in [0.29, 0.717) is 10.0 Å². The summed E-state index contributed by atoms with van der Waals surface area (Å²) in [6.07, 6.45) is 0.209. The van der Waals surface area contributed by atoms with Crippen LogP contribution < -0.4 is 16.2 Å². The van der Waals surface area contributed by atoms with Crippen LogP contribution in [0.1, 0.15) is 15.9 Å². The van der Waals surface area contributed by atoms with E-state index in [0.717, 1.165) is 5.56 Å². The molecule has 2 rings (SSSR count). The molecule has 0 bridgehead atoms. The minimum Gasteiger partial charge on any atom is -0.302 e. The van der Waals surface area contributed by atoms with E-state index < -0.39 is 0 Å². The van der Waals surface area contributed by atoms with Crippen LogP contribution in [0.4, 0.5) is 0 Å². The second-order valence-corrected chi connectivity index (χ2v) is 5.86. The predicted octanol–water partition coefficient (Wildman–Crippen LogP) is 2.33. The third-order valence-corrected chi connectivity index (χ3v) is 3.76. The lowest BCUT2D eigenvalue weighted by atomic mass is 10.1. The highest BCUT2D eigenvalue weighted by molar-refractivity contribution is 9.10. The Balaban J connectivity index is 1.80. The quantitative estimate of drug-likeness (QED) is 0.554. The Morgan fingerprint density at radius 3 is 2.30 bits per heavy atom. The largest absolute Gasteiger partial charge is 0.302 e. The number of rotatable bonds is 3. The summed E-state index contributed by atoms with van der Waals surface area (Å²) in [4.78, 5) is 23.8. The van der Waals surface area contributed by atoms with Gasteiger partial charge in [0.2, 0.25) is 5.91 Å². The number of amides is 2. The first-order valence-corrected chi connectivity index (χ1v) is 7.95. The maximum Gasteiger partial charge on any atom is 0.270 e. The van der Waals surface area contributed by atoms with Gasteiger partial charge in [-0.3, -0.25) is 20.4 Å². The first-order valence-electron chi connectivity index (χ1n) is 6.75. The van der Waals surface area contributed by atoms with Crippen LogP contribution in [0.15, 0.2) is 59.1 Å². The Hall–Kier alpha value is -2.25. The van der Waals surface area contributed by atoms with Crippen LogP contribution in [0.3, 0.4) is 0 Å². The Bertz CT molecular complexity index is 722. The molecule has 0 aliphatic rings. The summed E-state index contributed by atoms with van der Waals surface area (Å²) < 4.78 is 0.665. The number of hydrazine groups is 1. The van der Waals surface area contributed by atoms with Crippen molar-refractivity contribution in [1.29, 1.82) is 0 Å². The van der Waals surface area contributed by atoms with E-state index in [1.54, 1.807) is 18.2 Å². The summed E-state index contributed by atoms with van der Waals surface area (Å²) in [6, 6.07) is 16.3. The molecule has 0 spiro atoms. The summed E-state index contributed by atoms with van der Waals surface area (Å²) in [5, 5.41) is 2.54. The fraction of sp³-hybridized carbons (Fsp3) is 0.0625. The summed E-state index contributed by atoms with van der Waals surface area (Å²) in [7, 11) is 0. The average molecular weight is 392 g/mol. The fourth-order valence-electron chi connectivity index (χ4n) is 1.81. The highest BCUT2D eigenvalue weighted by atomic mass is 79.9. The molecule has 118 valence electrons. The van der Waals surface area contributed by atoms with E-state index in [9.17, 15) is 9.59 Å². The van der Waals surface area contributed by atoms with Crippen molar-refractivity contribution in [2.24, 2.45) is 0 Å². The topological polar surface area (TPSA) is 70.2 Å². The molecule has 0 saturated heterocycles. The zero-order chi connectivity index (χ0) is 16.7. The number of nitrogens with one attached hydrogen (secondary N) is 3. The zero-order valence-electron chi connectivity index (χ0n) is 12.0. The molecule has 0 radical (unpaired) electrons. The van der Waals surface area contributed by atoms with Crippen molar-refractivity contribution in [3.63, 3.8) is 0 Å². The highest BCUT2D eigenvalue weighted by Crippen LogP contribution is 2.15. The number of halogens is 1. The summed E-state index contributed by atoms with van der Waals surface area (Å²) in [6.45, 7) is 0. The number of hydrogen-bond acceptors (Lipinski definition) is 3. The van der Waals surface area contributed by atoms with Crippen LogP contribution in [0.25, 0.3) is 0 Å².